The average Bonchev–Trinajstić information content (AvgIpc) is 2.79. The molecule has 102 valence electrons. The number of rotatable bonds is 6. The Hall–Kier alpha value is -1.91. The smallest absolute Gasteiger partial charge is 0.147 e. The maximum atomic E-state index is 4.45. The highest BCUT2D eigenvalue weighted by Crippen LogP contribution is 2.09. The minimum absolute atomic E-state index is 0.902. The van der Waals surface area contributed by atoms with Crippen molar-refractivity contribution in [2.45, 2.75) is 40.2 Å². The summed E-state index contributed by atoms with van der Waals surface area (Å²) in [5.41, 5.74) is 1.90. The van der Waals surface area contributed by atoms with E-state index in [1.807, 2.05) is 33.2 Å². The molecular weight excluding hydrogens is 238 g/mol. The molecule has 0 spiro atoms. The molecular formula is C14H21N5. The summed E-state index contributed by atoms with van der Waals surface area (Å²) in [7, 11) is 0. The van der Waals surface area contributed by atoms with E-state index in [1.54, 1.807) is 6.20 Å². The zero-order chi connectivity index (χ0) is 13.7. The first kappa shape index (κ1) is 13.5. The molecule has 0 saturated heterocycles. The van der Waals surface area contributed by atoms with Gasteiger partial charge in [-0.25, -0.2) is 9.97 Å². The van der Waals surface area contributed by atoms with Crippen molar-refractivity contribution in [2.75, 3.05) is 11.9 Å². The van der Waals surface area contributed by atoms with Crippen LogP contribution in [0.2, 0.25) is 0 Å². The quantitative estimate of drug-likeness (QED) is 0.810. The van der Waals surface area contributed by atoms with Crippen LogP contribution in [0.4, 0.5) is 5.82 Å². The predicted octanol–water partition coefficient (Wildman–Crippen LogP) is 2.49. The topological polar surface area (TPSA) is 55.6 Å². The van der Waals surface area contributed by atoms with Crippen LogP contribution < -0.4 is 5.32 Å². The molecule has 5 nitrogen and oxygen atoms in total. The zero-order valence-corrected chi connectivity index (χ0v) is 11.8. The fourth-order valence-corrected chi connectivity index (χ4v) is 1.96. The molecule has 0 bridgehead atoms. The first-order valence-electron chi connectivity index (χ1n) is 6.68. The summed E-state index contributed by atoms with van der Waals surface area (Å²) in [6.45, 7) is 7.91. The molecule has 2 aromatic heterocycles. The molecule has 0 fully saturated rings. The lowest BCUT2D eigenvalue weighted by Gasteiger charge is -2.09. The Labute approximate surface area is 114 Å². The summed E-state index contributed by atoms with van der Waals surface area (Å²) in [4.78, 5) is 13.0. The number of nitrogens with zero attached hydrogens (tertiary/aromatic N) is 4. The minimum Gasteiger partial charge on any atom is -0.369 e. The average molecular weight is 259 g/mol. The second-order valence-corrected chi connectivity index (χ2v) is 4.75. The van der Waals surface area contributed by atoms with Gasteiger partial charge in [-0.2, -0.15) is 0 Å². The Morgan fingerprint density at radius 3 is 2.74 bits per heavy atom. The van der Waals surface area contributed by atoms with Crippen molar-refractivity contribution >= 4 is 5.82 Å². The molecule has 0 aliphatic carbocycles. The van der Waals surface area contributed by atoms with Crippen LogP contribution in [0.25, 0.3) is 0 Å². The number of imidazole rings is 1. The fraction of sp³-hybridized carbons (Fsp3) is 0.500. The van der Waals surface area contributed by atoms with Gasteiger partial charge in [-0.05, 0) is 33.6 Å². The van der Waals surface area contributed by atoms with E-state index in [2.05, 4.69) is 24.8 Å². The SMILES string of the molecule is Cc1cnc(C)c(NCCCCn2ccnc2C)n1. The van der Waals surface area contributed by atoms with Gasteiger partial charge in [0.05, 0.1) is 11.4 Å². The number of nitrogens with one attached hydrogen (secondary N) is 1. The highest BCUT2D eigenvalue weighted by atomic mass is 15.1. The Bertz CT molecular complexity index is 532. The standard InChI is InChI=1S/C14H21N5/c1-11-10-17-12(2)14(18-11)16-6-4-5-8-19-9-7-15-13(19)3/h7,9-10H,4-6,8H2,1-3H3,(H,16,18). The summed E-state index contributed by atoms with van der Waals surface area (Å²) < 4.78 is 2.18. The third-order valence-corrected chi connectivity index (χ3v) is 3.12. The van der Waals surface area contributed by atoms with Crippen LogP contribution in [-0.4, -0.2) is 26.1 Å². The fourth-order valence-electron chi connectivity index (χ4n) is 1.96. The van der Waals surface area contributed by atoms with Crippen LogP contribution >= 0.6 is 0 Å². The minimum atomic E-state index is 0.902. The first-order valence-corrected chi connectivity index (χ1v) is 6.68. The molecule has 2 aromatic rings. The van der Waals surface area contributed by atoms with Gasteiger partial charge in [-0.3, -0.25) is 4.98 Å². The van der Waals surface area contributed by atoms with Gasteiger partial charge in [0.1, 0.15) is 11.6 Å². The highest BCUT2D eigenvalue weighted by Gasteiger charge is 2.01. The number of anilines is 1. The number of aromatic nitrogens is 4. The third kappa shape index (κ3) is 3.77. The molecule has 0 atom stereocenters. The van der Waals surface area contributed by atoms with Gasteiger partial charge in [-0.15, -0.1) is 0 Å². The van der Waals surface area contributed by atoms with E-state index in [9.17, 15) is 0 Å². The van der Waals surface area contributed by atoms with Gasteiger partial charge in [0.15, 0.2) is 0 Å². The summed E-state index contributed by atoms with van der Waals surface area (Å²) in [5, 5.41) is 3.35. The van der Waals surface area contributed by atoms with Crippen molar-refractivity contribution in [1.82, 2.24) is 19.5 Å². The first-order chi connectivity index (χ1) is 9.16. The molecule has 0 saturated carbocycles. The lowest BCUT2D eigenvalue weighted by atomic mass is 10.3. The van der Waals surface area contributed by atoms with E-state index in [0.29, 0.717) is 0 Å². The van der Waals surface area contributed by atoms with Crippen molar-refractivity contribution in [3.8, 4) is 0 Å². The van der Waals surface area contributed by atoms with E-state index < -0.39 is 0 Å². The van der Waals surface area contributed by atoms with Crippen molar-refractivity contribution in [3.63, 3.8) is 0 Å². The molecule has 19 heavy (non-hydrogen) atoms. The van der Waals surface area contributed by atoms with Gasteiger partial charge in [0.25, 0.3) is 0 Å². The number of unbranched alkanes of at least 4 members (excludes halogenated alkanes) is 1. The number of aryl methyl sites for hydroxylation is 4. The van der Waals surface area contributed by atoms with Crippen LogP contribution in [-0.2, 0) is 6.54 Å². The molecule has 0 aromatic carbocycles. The van der Waals surface area contributed by atoms with E-state index in [4.69, 9.17) is 0 Å². The third-order valence-electron chi connectivity index (χ3n) is 3.12. The van der Waals surface area contributed by atoms with E-state index in [-0.39, 0.29) is 0 Å². The van der Waals surface area contributed by atoms with Crippen LogP contribution in [0, 0.1) is 20.8 Å². The second kappa shape index (κ2) is 6.31. The number of hydrogen-bond acceptors (Lipinski definition) is 4. The van der Waals surface area contributed by atoms with Crippen molar-refractivity contribution in [3.05, 3.63) is 35.8 Å². The Kier molecular flexibility index (Phi) is 4.49. The molecule has 2 rings (SSSR count). The van der Waals surface area contributed by atoms with E-state index >= 15 is 0 Å². The summed E-state index contributed by atoms with van der Waals surface area (Å²) in [5.74, 6) is 1.98. The van der Waals surface area contributed by atoms with Crippen LogP contribution in [0.1, 0.15) is 30.1 Å². The van der Waals surface area contributed by atoms with Crippen LogP contribution in [0.5, 0.6) is 0 Å². The van der Waals surface area contributed by atoms with Crippen molar-refractivity contribution in [2.24, 2.45) is 0 Å². The molecule has 0 aliphatic heterocycles. The predicted molar refractivity (Wildman–Crippen MR) is 76.2 cm³/mol. The number of hydrogen-bond donors (Lipinski definition) is 1. The Morgan fingerprint density at radius 1 is 1.16 bits per heavy atom. The molecule has 2 heterocycles. The van der Waals surface area contributed by atoms with Crippen molar-refractivity contribution < 1.29 is 0 Å². The van der Waals surface area contributed by atoms with Crippen LogP contribution in [0.15, 0.2) is 18.6 Å². The van der Waals surface area contributed by atoms with E-state index in [1.165, 1.54) is 0 Å². The van der Waals surface area contributed by atoms with E-state index in [0.717, 1.165) is 49.0 Å². The summed E-state index contributed by atoms with van der Waals surface area (Å²) in [6.07, 6.45) is 7.90. The lowest BCUT2D eigenvalue weighted by Crippen LogP contribution is -2.08. The Morgan fingerprint density at radius 2 is 2.00 bits per heavy atom. The summed E-state index contributed by atoms with van der Waals surface area (Å²) in [6, 6.07) is 0. The maximum absolute atomic E-state index is 4.45. The Balaban J connectivity index is 1.72. The molecule has 0 radical (unpaired) electrons. The van der Waals surface area contributed by atoms with Crippen molar-refractivity contribution in [1.29, 1.82) is 0 Å². The largest absolute Gasteiger partial charge is 0.369 e. The van der Waals surface area contributed by atoms with Gasteiger partial charge in [0, 0.05) is 31.7 Å². The lowest BCUT2D eigenvalue weighted by molar-refractivity contribution is 0.607. The molecule has 0 amide bonds. The normalized spacial score (nSPS) is 10.7. The summed E-state index contributed by atoms with van der Waals surface area (Å²) >= 11 is 0. The maximum Gasteiger partial charge on any atom is 0.147 e. The zero-order valence-electron chi connectivity index (χ0n) is 11.8. The molecule has 5 heteroatoms. The molecule has 0 unspecified atom stereocenters. The molecule has 0 aliphatic rings. The van der Waals surface area contributed by atoms with Gasteiger partial charge in [0.2, 0.25) is 0 Å². The highest BCUT2D eigenvalue weighted by molar-refractivity contribution is 5.39. The van der Waals surface area contributed by atoms with Gasteiger partial charge < -0.3 is 9.88 Å². The van der Waals surface area contributed by atoms with Crippen LogP contribution in [0.3, 0.4) is 0 Å². The van der Waals surface area contributed by atoms with Gasteiger partial charge in [-0.1, -0.05) is 0 Å². The monoisotopic (exact) mass is 259 g/mol. The molecule has 1 N–H and O–H groups in total. The second-order valence-electron chi connectivity index (χ2n) is 4.75. The van der Waals surface area contributed by atoms with Gasteiger partial charge >= 0.3 is 0 Å².